The van der Waals surface area contributed by atoms with Gasteiger partial charge in [-0.15, -0.1) is 0 Å². The Morgan fingerprint density at radius 1 is 0.800 bits per heavy atom. The first-order chi connectivity index (χ1) is 28.1. The molecule has 2 heterocycles. The standard InChI is InChI=1S/C46H55Cl4N3O7/c1-28-9-11-31(12-10-28)19-20-52(33-15-16-33)41(54)40-36(32-13-17-35(18-14-32)57-21-22-58-39-24-30(3)29(2)23-37(39)47)25-34-26-51(42(55)59-44(4,5)6)27-38(40)53(34)43(56)60-45(7,8)46(48,49)50/h9-14,17-18,23-24,33-34,38H,15-16,19-22,25-27H2,1-8H3. The van der Waals surface area contributed by atoms with E-state index >= 15 is 4.79 Å². The molecule has 60 heavy (non-hydrogen) atoms. The molecule has 2 bridgehead atoms. The lowest BCUT2D eigenvalue weighted by atomic mass is 9.81. The van der Waals surface area contributed by atoms with Gasteiger partial charge in [-0.05, 0) is 133 Å². The normalized spacial score (nSPS) is 18.3. The van der Waals surface area contributed by atoms with Crippen molar-refractivity contribution in [3.8, 4) is 11.5 Å². The van der Waals surface area contributed by atoms with Crippen LogP contribution in [0.4, 0.5) is 9.59 Å². The minimum atomic E-state index is -1.95. The molecular weight excluding hydrogens is 848 g/mol. The summed E-state index contributed by atoms with van der Waals surface area (Å²) in [4.78, 5) is 48.4. The third-order valence-corrected chi connectivity index (χ3v) is 12.8. The first-order valence-corrected chi connectivity index (χ1v) is 21.9. The largest absolute Gasteiger partial charge is 0.490 e. The van der Waals surface area contributed by atoms with Crippen LogP contribution in [-0.4, -0.2) is 98.8 Å². The number of hydrogen-bond donors (Lipinski definition) is 0. The molecule has 0 spiro atoms. The highest BCUT2D eigenvalue weighted by atomic mass is 35.6. The zero-order valence-electron chi connectivity index (χ0n) is 35.6. The van der Waals surface area contributed by atoms with Crippen molar-refractivity contribution in [3.05, 3.63) is 99.1 Å². The van der Waals surface area contributed by atoms with E-state index in [9.17, 15) is 9.59 Å². The molecule has 3 aromatic carbocycles. The smallest absolute Gasteiger partial charge is 0.411 e. The molecular formula is C46H55Cl4N3O7. The van der Waals surface area contributed by atoms with E-state index in [-0.39, 0.29) is 44.7 Å². The molecule has 0 aromatic heterocycles. The highest BCUT2D eigenvalue weighted by molar-refractivity contribution is 6.68. The molecule has 324 valence electrons. The van der Waals surface area contributed by atoms with Crippen molar-refractivity contribution in [1.29, 1.82) is 0 Å². The van der Waals surface area contributed by atoms with Crippen molar-refractivity contribution in [1.82, 2.24) is 14.7 Å². The van der Waals surface area contributed by atoms with Gasteiger partial charge in [-0.25, -0.2) is 9.59 Å². The number of benzene rings is 3. The molecule has 3 aromatic rings. The van der Waals surface area contributed by atoms with Gasteiger partial charge in [0.05, 0.1) is 17.1 Å². The van der Waals surface area contributed by atoms with E-state index in [0.717, 1.165) is 46.2 Å². The second kappa shape index (κ2) is 18.3. The lowest BCUT2D eigenvalue weighted by Crippen LogP contribution is -2.66. The predicted molar refractivity (Wildman–Crippen MR) is 238 cm³/mol. The molecule has 0 N–H and O–H groups in total. The lowest BCUT2D eigenvalue weighted by Gasteiger charge is -2.51. The number of hydrogen-bond acceptors (Lipinski definition) is 7. The molecule has 6 rings (SSSR count). The average molecular weight is 904 g/mol. The zero-order chi connectivity index (χ0) is 43.7. The van der Waals surface area contributed by atoms with E-state index in [2.05, 4.69) is 24.3 Å². The van der Waals surface area contributed by atoms with Gasteiger partial charge in [0.15, 0.2) is 5.60 Å². The van der Waals surface area contributed by atoms with E-state index in [1.165, 1.54) is 13.8 Å². The van der Waals surface area contributed by atoms with Crippen molar-refractivity contribution in [2.24, 2.45) is 0 Å². The molecule has 2 unspecified atom stereocenters. The van der Waals surface area contributed by atoms with Crippen LogP contribution in [0.5, 0.6) is 11.5 Å². The molecule has 2 aliphatic heterocycles. The van der Waals surface area contributed by atoms with E-state index in [0.29, 0.717) is 35.1 Å². The molecule has 1 saturated heterocycles. The van der Waals surface area contributed by atoms with Crippen LogP contribution < -0.4 is 9.47 Å². The number of aryl methyl sites for hydroxylation is 3. The maximum atomic E-state index is 15.3. The summed E-state index contributed by atoms with van der Waals surface area (Å²) in [5.41, 5.74) is 4.14. The van der Waals surface area contributed by atoms with Gasteiger partial charge in [-0.2, -0.15) is 0 Å². The fourth-order valence-corrected chi connectivity index (χ4v) is 7.85. The Hall–Kier alpha value is -3.83. The van der Waals surface area contributed by atoms with E-state index in [1.54, 1.807) is 30.6 Å². The first kappa shape index (κ1) is 45.7. The van der Waals surface area contributed by atoms with Crippen molar-refractivity contribution < 1.29 is 33.3 Å². The highest BCUT2D eigenvalue weighted by Crippen LogP contribution is 2.44. The fraction of sp³-hybridized carbons (Fsp3) is 0.500. The minimum absolute atomic E-state index is 0.0124. The summed E-state index contributed by atoms with van der Waals surface area (Å²) in [6, 6.07) is 18.2. The monoisotopic (exact) mass is 901 g/mol. The average Bonchev–Trinajstić information content (AvgIpc) is 4.00. The number of fused-ring (bicyclic) bond motifs is 2. The zero-order valence-corrected chi connectivity index (χ0v) is 38.6. The molecule has 2 atom stereocenters. The van der Waals surface area contributed by atoms with Gasteiger partial charge in [0.2, 0.25) is 3.79 Å². The molecule has 1 saturated carbocycles. The Labute approximate surface area is 373 Å². The molecule has 0 radical (unpaired) electrons. The number of carbonyl (C=O) groups excluding carboxylic acids is 3. The first-order valence-electron chi connectivity index (χ1n) is 20.4. The topological polar surface area (TPSA) is 97.9 Å². The number of rotatable bonds is 12. The maximum absolute atomic E-state index is 15.3. The van der Waals surface area contributed by atoms with Crippen LogP contribution in [0, 0.1) is 20.8 Å². The van der Waals surface area contributed by atoms with Gasteiger partial charge in [0.1, 0.15) is 30.3 Å². The molecule has 3 amide bonds. The van der Waals surface area contributed by atoms with Gasteiger partial charge in [0.25, 0.3) is 5.91 Å². The summed E-state index contributed by atoms with van der Waals surface area (Å²) in [6.45, 7) is 15.6. The van der Waals surface area contributed by atoms with Gasteiger partial charge in [-0.1, -0.05) is 88.4 Å². The van der Waals surface area contributed by atoms with E-state index < -0.39 is 39.3 Å². The van der Waals surface area contributed by atoms with Gasteiger partial charge >= 0.3 is 12.2 Å². The number of piperazine rings is 1. The molecule has 14 heteroatoms. The Balaban J connectivity index is 1.35. The Morgan fingerprint density at radius 2 is 1.43 bits per heavy atom. The summed E-state index contributed by atoms with van der Waals surface area (Å²) in [5, 5.41) is 0.545. The Kier molecular flexibility index (Phi) is 13.9. The van der Waals surface area contributed by atoms with Gasteiger partial charge < -0.3 is 28.7 Å². The summed E-state index contributed by atoms with van der Waals surface area (Å²) < 4.78 is 21.8. The summed E-state index contributed by atoms with van der Waals surface area (Å²) in [7, 11) is 0. The van der Waals surface area contributed by atoms with Crippen LogP contribution in [0.1, 0.15) is 81.7 Å². The number of halogens is 4. The van der Waals surface area contributed by atoms with Crippen LogP contribution in [0.2, 0.25) is 5.02 Å². The highest BCUT2D eigenvalue weighted by Gasteiger charge is 2.52. The molecule has 3 aliphatic rings. The number of nitrogens with zero attached hydrogens (tertiary/aromatic N) is 3. The van der Waals surface area contributed by atoms with Gasteiger partial charge in [0, 0.05) is 31.2 Å². The molecule has 2 fully saturated rings. The van der Waals surface area contributed by atoms with E-state index in [4.69, 9.17) is 65.4 Å². The van der Waals surface area contributed by atoms with Crippen LogP contribution in [0.15, 0.2) is 66.2 Å². The Morgan fingerprint density at radius 3 is 2.05 bits per heavy atom. The van der Waals surface area contributed by atoms with Crippen molar-refractivity contribution in [3.63, 3.8) is 0 Å². The lowest BCUT2D eigenvalue weighted by molar-refractivity contribution is -0.129. The molecule has 10 nitrogen and oxygen atoms in total. The quantitative estimate of drug-likeness (QED) is 0.132. The SMILES string of the molecule is Cc1ccc(CCN(C(=O)C2=C(c3ccc(OCCOc4cc(C)c(C)cc4Cl)cc3)CC3CN(C(=O)OC(C)(C)C)CC2N3C(=O)OC(C)(C)C(Cl)(Cl)Cl)C2CC2)cc1. The van der Waals surface area contributed by atoms with Crippen molar-refractivity contribution in [2.45, 2.75) is 114 Å². The van der Waals surface area contributed by atoms with Gasteiger partial charge in [-0.3, -0.25) is 9.69 Å². The number of amides is 3. The van der Waals surface area contributed by atoms with Crippen molar-refractivity contribution >= 4 is 70.1 Å². The summed E-state index contributed by atoms with van der Waals surface area (Å²) in [6.07, 6.45) is 1.34. The summed E-state index contributed by atoms with van der Waals surface area (Å²) >= 11 is 25.3. The third-order valence-electron chi connectivity index (χ3n) is 11.1. The second-order valence-corrected chi connectivity index (χ2v) is 20.2. The second-order valence-electron chi connectivity index (χ2n) is 17.5. The fourth-order valence-electron chi connectivity index (χ4n) is 7.46. The van der Waals surface area contributed by atoms with Crippen LogP contribution in [0.25, 0.3) is 5.57 Å². The van der Waals surface area contributed by atoms with Crippen molar-refractivity contribution in [2.75, 3.05) is 32.8 Å². The minimum Gasteiger partial charge on any atom is -0.490 e. The number of ether oxygens (including phenoxy) is 4. The van der Waals surface area contributed by atoms with E-state index in [1.807, 2.05) is 62.1 Å². The van der Waals surface area contributed by atoms with Crippen LogP contribution in [-0.2, 0) is 20.7 Å². The third kappa shape index (κ3) is 11.0. The predicted octanol–water partition coefficient (Wildman–Crippen LogP) is 10.7. The molecule has 1 aliphatic carbocycles. The van der Waals surface area contributed by atoms with Crippen LogP contribution >= 0.6 is 46.4 Å². The maximum Gasteiger partial charge on any atom is 0.411 e. The number of alkyl halides is 3. The summed E-state index contributed by atoms with van der Waals surface area (Å²) in [5.74, 6) is 1.02. The number of carbonyl (C=O) groups is 3. The van der Waals surface area contributed by atoms with Crippen LogP contribution in [0.3, 0.4) is 0 Å². The Bertz CT molecular complexity index is 2090.